The van der Waals surface area contributed by atoms with Crippen LogP contribution < -0.4 is 9.62 Å². The Balaban J connectivity index is 2.09. The third-order valence-electron chi connectivity index (χ3n) is 7.02. The third-order valence-corrected chi connectivity index (χ3v) is 8.81. The monoisotopic (exact) mass is 577 g/mol. The number of hydrogen-bond donors (Lipinski definition) is 1. The zero-order valence-electron chi connectivity index (χ0n) is 25.5. The molecule has 0 aliphatic heterocycles. The fourth-order valence-corrected chi connectivity index (χ4v) is 5.92. The first-order valence-electron chi connectivity index (χ1n) is 14.0. The van der Waals surface area contributed by atoms with Crippen LogP contribution in [-0.2, 0) is 26.2 Å². The molecule has 0 aromatic heterocycles. The molecule has 0 saturated heterocycles. The second kappa shape index (κ2) is 12.9. The number of carbonyl (C=O) groups excluding carboxylic acids is 2. The van der Waals surface area contributed by atoms with Crippen LogP contribution in [0.15, 0.2) is 71.6 Å². The summed E-state index contributed by atoms with van der Waals surface area (Å²) in [7, 11) is -4.10. The minimum atomic E-state index is -4.10. The van der Waals surface area contributed by atoms with Crippen molar-refractivity contribution in [2.45, 2.75) is 84.8 Å². The first-order valence-corrected chi connectivity index (χ1v) is 15.4. The standard InChI is InChI=1S/C33H43N3O4S/c1-9-30(32(38)34-33(6,7)8)35(21-27-15-10-23(2)11-16-27)31(37)22-36(28-17-14-25(4)26(5)20-28)41(39,40)29-18-12-24(3)13-19-29/h10-20,30H,9,21-22H2,1-8H3,(H,34,38)/t30-/m0/s1. The van der Waals surface area contributed by atoms with Crippen molar-refractivity contribution in [3.63, 3.8) is 0 Å². The van der Waals surface area contributed by atoms with Crippen LogP contribution in [0.1, 0.15) is 61.9 Å². The molecule has 0 heterocycles. The molecule has 0 aliphatic carbocycles. The van der Waals surface area contributed by atoms with E-state index in [9.17, 15) is 18.0 Å². The van der Waals surface area contributed by atoms with Crippen LogP contribution >= 0.6 is 0 Å². The summed E-state index contributed by atoms with van der Waals surface area (Å²) in [6.07, 6.45) is 0.369. The Kier molecular flexibility index (Phi) is 10.0. The van der Waals surface area contributed by atoms with Crippen molar-refractivity contribution in [1.82, 2.24) is 10.2 Å². The predicted octanol–water partition coefficient (Wildman–Crippen LogP) is 5.84. The molecule has 3 aromatic rings. The number of nitrogens with one attached hydrogen (secondary N) is 1. The fourth-order valence-electron chi connectivity index (χ4n) is 4.51. The van der Waals surface area contributed by atoms with Gasteiger partial charge in [0.15, 0.2) is 0 Å². The highest BCUT2D eigenvalue weighted by Crippen LogP contribution is 2.27. The lowest BCUT2D eigenvalue weighted by Crippen LogP contribution is -2.55. The van der Waals surface area contributed by atoms with Gasteiger partial charge >= 0.3 is 0 Å². The zero-order valence-corrected chi connectivity index (χ0v) is 26.3. The summed E-state index contributed by atoms with van der Waals surface area (Å²) in [5.41, 5.74) is 4.68. The van der Waals surface area contributed by atoms with E-state index in [2.05, 4.69) is 5.32 Å². The molecule has 3 rings (SSSR count). The minimum Gasteiger partial charge on any atom is -0.350 e. The Labute approximate surface area is 245 Å². The van der Waals surface area contributed by atoms with E-state index >= 15 is 0 Å². The topological polar surface area (TPSA) is 86.8 Å². The van der Waals surface area contributed by atoms with E-state index in [1.807, 2.05) is 85.7 Å². The SMILES string of the molecule is CC[C@@H](C(=O)NC(C)(C)C)N(Cc1ccc(C)cc1)C(=O)CN(c1ccc(C)c(C)c1)S(=O)(=O)c1ccc(C)cc1. The van der Waals surface area contributed by atoms with Crippen molar-refractivity contribution in [3.8, 4) is 0 Å². The van der Waals surface area contributed by atoms with Gasteiger partial charge in [-0.25, -0.2) is 8.42 Å². The highest BCUT2D eigenvalue weighted by Gasteiger charge is 2.34. The molecule has 220 valence electrons. The van der Waals surface area contributed by atoms with Crippen LogP contribution in [0.5, 0.6) is 0 Å². The van der Waals surface area contributed by atoms with Crippen molar-refractivity contribution >= 4 is 27.5 Å². The van der Waals surface area contributed by atoms with Gasteiger partial charge in [-0.2, -0.15) is 0 Å². The molecule has 0 fully saturated rings. The van der Waals surface area contributed by atoms with Crippen LogP contribution in [-0.4, -0.2) is 43.3 Å². The predicted molar refractivity (Wildman–Crippen MR) is 165 cm³/mol. The maximum atomic E-state index is 14.2. The fraction of sp³-hybridized carbons (Fsp3) is 0.394. The van der Waals surface area contributed by atoms with Gasteiger partial charge in [-0.1, -0.05) is 60.5 Å². The average molecular weight is 578 g/mol. The summed E-state index contributed by atoms with van der Waals surface area (Å²) in [6, 6.07) is 18.9. The molecule has 0 spiro atoms. The second-order valence-electron chi connectivity index (χ2n) is 11.8. The lowest BCUT2D eigenvalue weighted by Gasteiger charge is -2.35. The summed E-state index contributed by atoms with van der Waals surface area (Å²) in [5.74, 6) is -0.741. The number of amides is 2. The smallest absolute Gasteiger partial charge is 0.264 e. The summed E-state index contributed by atoms with van der Waals surface area (Å²) >= 11 is 0. The van der Waals surface area contributed by atoms with Crippen LogP contribution in [0.25, 0.3) is 0 Å². The van der Waals surface area contributed by atoms with Gasteiger partial charge in [0.2, 0.25) is 11.8 Å². The quantitative estimate of drug-likeness (QED) is 0.328. The van der Waals surface area contributed by atoms with Gasteiger partial charge in [0, 0.05) is 12.1 Å². The van der Waals surface area contributed by atoms with Gasteiger partial charge in [-0.15, -0.1) is 0 Å². The summed E-state index contributed by atoms with van der Waals surface area (Å²) < 4.78 is 29.2. The molecule has 8 heteroatoms. The van der Waals surface area contributed by atoms with Crippen LogP contribution in [0.4, 0.5) is 5.69 Å². The average Bonchev–Trinajstić information content (AvgIpc) is 2.89. The van der Waals surface area contributed by atoms with Crippen LogP contribution in [0.3, 0.4) is 0 Å². The third kappa shape index (κ3) is 8.19. The molecule has 0 unspecified atom stereocenters. The number of hydrogen-bond acceptors (Lipinski definition) is 4. The number of anilines is 1. The molecule has 3 aromatic carbocycles. The first-order chi connectivity index (χ1) is 19.1. The first kappa shape index (κ1) is 31.9. The summed E-state index contributed by atoms with van der Waals surface area (Å²) in [5, 5.41) is 3.00. The minimum absolute atomic E-state index is 0.0942. The van der Waals surface area contributed by atoms with Gasteiger partial charge in [0.25, 0.3) is 10.0 Å². The lowest BCUT2D eigenvalue weighted by atomic mass is 10.1. The van der Waals surface area contributed by atoms with Crippen LogP contribution in [0.2, 0.25) is 0 Å². The van der Waals surface area contributed by atoms with Gasteiger partial charge in [-0.3, -0.25) is 13.9 Å². The highest BCUT2D eigenvalue weighted by atomic mass is 32.2. The Morgan fingerprint density at radius 1 is 0.829 bits per heavy atom. The van der Waals surface area contributed by atoms with Crippen molar-refractivity contribution in [1.29, 1.82) is 0 Å². The van der Waals surface area contributed by atoms with Gasteiger partial charge in [0.1, 0.15) is 12.6 Å². The summed E-state index contributed by atoms with van der Waals surface area (Å²) in [6.45, 7) is 15.0. The Hall–Kier alpha value is -3.65. The van der Waals surface area contributed by atoms with E-state index < -0.39 is 34.1 Å². The van der Waals surface area contributed by atoms with E-state index in [-0.39, 0.29) is 17.3 Å². The normalized spacial score (nSPS) is 12.5. The van der Waals surface area contributed by atoms with E-state index in [1.54, 1.807) is 36.4 Å². The van der Waals surface area contributed by atoms with E-state index in [4.69, 9.17) is 0 Å². The number of rotatable bonds is 10. The number of aryl methyl sites for hydroxylation is 4. The largest absolute Gasteiger partial charge is 0.350 e. The maximum Gasteiger partial charge on any atom is 0.264 e. The molecule has 0 bridgehead atoms. The zero-order chi connectivity index (χ0) is 30.5. The molecular formula is C33H43N3O4S. The van der Waals surface area contributed by atoms with E-state index in [0.717, 1.165) is 32.1 Å². The Morgan fingerprint density at radius 2 is 1.39 bits per heavy atom. The molecule has 0 saturated carbocycles. The number of nitrogens with zero attached hydrogens (tertiary/aromatic N) is 2. The van der Waals surface area contributed by atoms with E-state index in [0.29, 0.717) is 12.1 Å². The highest BCUT2D eigenvalue weighted by molar-refractivity contribution is 7.92. The molecule has 1 N–H and O–H groups in total. The Bertz CT molecular complexity index is 1470. The number of carbonyl (C=O) groups is 2. The molecule has 1 atom stereocenters. The molecule has 0 aliphatic rings. The van der Waals surface area contributed by atoms with Gasteiger partial charge in [0.05, 0.1) is 10.6 Å². The maximum absolute atomic E-state index is 14.2. The number of sulfonamides is 1. The number of benzene rings is 3. The van der Waals surface area contributed by atoms with Crippen molar-refractivity contribution in [2.24, 2.45) is 0 Å². The van der Waals surface area contributed by atoms with Gasteiger partial charge < -0.3 is 10.2 Å². The Morgan fingerprint density at radius 3 is 1.90 bits per heavy atom. The van der Waals surface area contributed by atoms with Crippen molar-refractivity contribution in [3.05, 3.63) is 94.5 Å². The molecular weight excluding hydrogens is 534 g/mol. The van der Waals surface area contributed by atoms with Crippen molar-refractivity contribution in [2.75, 3.05) is 10.8 Å². The summed E-state index contributed by atoms with van der Waals surface area (Å²) in [4.78, 5) is 29.2. The van der Waals surface area contributed by atoms with Gasteiger partial charge in [-0.05, 0) is 95.8 Å². The molecule has 41 heavy (non-hydrogen) atoms. The molecule has 0 radical (unpaired) electrons. The lowest BCUT2D eigenvalue weighted by molar-refractivity contribution is -0.141. The second-order valence-corrected chi connectivity index (χ2v) is 13.6. The van der Waals surface area contributed by atoms with Crippen molar-refractivity contribution < 1.29 is 18.0 Å². The van der Waals surface area contributed by atoms with Crippen LogP contribution in [0, 0.1) is 27.7 Å². The molecule has 7 nitrogen and oxygen atoms in total. The molecule has 2 amide bonds. The van der Waals surface area contributed by atoms with E-state index in [1.165, 1.54) is 4.90 Å².